The van der Waals surface area contributed by atoms with Crippen molar-refractivity contribution in [3.8, 4) is 10.7 Å². The number of rotatable bonds is 6. The molecule has 26 heavy (non-hydrogen) atoms. The van der Waals surface area contributed by atoms with Crippen molar-refractivity contribution in [2.24, 2.45) is 5.92 Å². The van der Waals surface area contributed by atoms with Gasteiger partial charge < -0.3 is 14.3 Å². The minimum Gasteiger partial charge on any atom is -0.354 e. The highest BCUT2D eigenvalue weighted by atomic mass is 35.5. The van der Waals surface area contributed by atoms with Crippen LogP contribution in [0.1, 0.15) is 51.5 Å². The summed E-state index contributed by atoms with van der Waals surface area (Å²) in [6, 6.07) is -0.191. The van der Waals surface area contributed by atoms with Gasteiger partial charge >= 0.3 is 0 Å². The lowest BCUT2D eigenvalue weighted by atomic mass is 9.99. The van der Waals surface area contributed by atoms with Crippen molar-refractivity contribution in [2.45, 2.75) is 45.6 Å². The van der Waals surface area contributed by atoms with Crippen LogP contribution in [0.15, 0.2) is 4.52 Å². The molecule has 1 fully saturated rings. The SMILES string of the molecule is CC(C)CC(c1nc(-c2sc(N(C)C)nc2Cl)no1)N1CCCCC1=O. The Balaban J connectivity index is 1.90. The number of aromatic nitrogens is 3. The second-order valence-electron chi connectivity index (χ2n) is 7.16. The van der Waals surface area contributed by atoms with Crippen LogP contribution in [0.4, 0.5) is 5.13 Å². The molecule has 0 saturated carbocycles. The normalized spacial score (nSPS) is 16.4. The molecule has 3 rings (SSSR count). The topological polar surface area (TPSA) is 75.4 Å². The number of thiazole rings is 1. The van der Waals surface area contributed by atoms with Crippen molar-refractivity contribution in [3.05, 3.63) is 11.0 Å². The molecule has 142 valence electrons. The number of amides is 1. The minimum atomic E-state index is -0.191. The minimum absolute atomic E-state index is 0.160. The molecule has 1 unspecified atom stereocenters. The van der Waals surface area contributed by atoms with E-state index in [1.165, 1.54) is 11.3 Å². The lowest BCUT2D eigenvalue weighted by Crippen LogP contribution is -2.39. The standard InChI is InChI=1S/C17H24ClN5O2S/c1-10(2)9-11(23-8-6-5-7-12(23)24)16-20-15(21-25-16)13-14(18)19-17(26-13)22(3)4/h10-11H,5-9H2,1-4H3. The molecular weight excluding hydrogens is 374 g/mol. The monoisotopic (exact) mass is 397 g/mol. The Morgan fingerprint density at radius 2 is 2.08 bits per heavy atom. The third kappa shape index (κ3) is 4.01. The molecule has 2 aromatic heterocycles. The van der Waals surface area contributed by atoms with Gasteiger partial charge in [0.1, 0.15) is 10.9 Å². The summed E-state index contributed by atoms with van der Waals surface area (Å²) in [4.78, 5) is 25.7. The number of likely N-dealkylation sites (tertiary alicyclic amines) is 1. The molecule has 0 radical (unpaired) electrons. The average molecular weight is 398 g/mol. The van der Waals surface area contributed by atoms with Gasteiger partial charge in [-0.3, -0.25) is 4.79 Å². The van der Waals surface area contributed by atoms with Crippen LogP contribution in [0.25, 0.3) is 10.7 Å². The number of anilines is 1. The molecule has 0 aliphatic carbocycles. The summed E-state index contributed by atoms with van der Waals surface area (Å²) in [6.45, 7) is 4.99. The number of hydrogen-bond acceptors (Lipinski definition) is 7. The lowest BCUT2D eigenvalue weighted by Gasteiger charge is -2.33. The second-order valence-corrected chi connectivity index (χ2v) is 8.49. The zero-order valence-electron chi connectivity index (χ0n) is 15.5. The van der Waals surface area contributed by atoms with E-state index in [4.69, 9.17) is 16.1 Å². The first-order valence-corrected chi connectivity index (χ1v) is 10.0. The summed E-state index contributed by atoms with van der Waals surface area (Å²) in [5.74, 6) is 1.46. The fourth-order valence-corrected chi connectivity index (χ4v) is 4.18. The Labute approximate surface area is 162 Å². The Morgan fingerprint density at radius 1 is 1.31 bits per heavy atom. The maximum Gasteiger partial charge on any atom is 0.249 e. The third-order valence-corrected chi connectivity index (χ3v) is 5.92. The van der Waals surface area contributed by atoms with E-state index in [1.807, 2.05) is 23.9 Å². The smallest absolute Gasteiger partial charge is 0.249 e. The highest BCUT2D eigenvalue weighted by Crippen LogP contribution is 2.37. The van der Waals surface area contributed by atoms with Gasteiger partial charge in [-0.15, -0.1) is 0 Å². The summed E-state index contributed by atoms with van der Waals surface area (Å²) in [6.07, 6.45) is 3.33. The van der Waals surface area contributed by atoms with Crippen molar-refractivity contribution in [2.75, 3.05) is 25.5 Å². The average Bonchev–Trinajstić information content (AvgIpc) is 3.19. The van der Waals surface area contributed by atoms with E-state index >= 15 is 0 Å². The van der Waals surface area contributed by atoms with Gasteiger partial charge in [0.15, 0.2) is 10.3 Å². The predicted molar refractivity (Wildman–Crippen MR) is 103 cm³/mol. The molecule has 1 saturated heterocycles. The second kappa shape index (κ2) is 7.92. The molecule has 1 aliphatic heterocycles. The molecule has 0 bridgehead atoms. The Morgan fingerprint density at radius 3 is 2.69 bits per heavy atom. The van der Waals surface area contributed by atoms with Gasteiger partial charge in [0, 0.05) is 27.1 Å². The number of halogens is 1. The maximum absolute atomic E-state index is 12.4. The van der Waals surface area contributed by atoms with Gasteiger partial charge in [-0.1, -0.05) is 41.9 Å². The first kappa shape index (κ1) is 19.1. The van der Waals surface area contributed by atoms with Crippen molar-refractivity contribution in [1.82, 2.24) is 20.0 Å². The number of piperidine rings is 1. The summed E-state index contributed by atoms with van der Waals surface area (Å²) in [5.41, 5.74) is 0. The molecule has 2 aromatic rings. The number of hydrogen-bond donors (Lipinski definition) is 0. The first-order chi connectivity index (χ1) is 12.4. The highest BCUT2D eigenvalue weighted by Gasteiger charge is 2.32. The van der Waals surface area contributed by atoms with Gasteiger partial charge in [0.2, 0.25) is 17.6 Å². The molecule has 7 nitrogen and oxygen atoms in total. The van der Waals surface area contributed by atoms with Crippen LogP contribution in [-0.4, -0.2) is 46.6 Å². The third-order valence-electron chi connectivity index (χ3n) is 4.32. The number of carbonyl (C=O) groups excluding carboxylic acids is 1. The molecule has 0 spiro atoms. The quantitative estimate of drug-likeness (QED) is 0.732. The van der Waals surface area contributed by atoms with Gasteiger partial charge in [-0.05, 0) is 25.2 Å². The summed E-state index contributed by atoms with van der Waals surface area (Å²) in [7, 11) is 3.81. The molecule has 1 atom stereocenters. The van der Waals surface area contributed by atoms with Crippen LogP contribution in [0, 0.1) is 5.92 Å². The maximum atomic E-state index is 12.4. The van der Waals surface area contributed by atoms with Crippen LogP contribution in [-0.2, 0) is 4.79 Å². The Hall–Kier alpha value is -1.67. The molecule has 1 aliphatic rings. The van der Waals surface area contributed by atoms with E-state index in [0.717, 1.165) is 30.9 Å². The van der Waals surface area contributed by atoms with Gasteiger partial charge in [0.25, 0.3) is 0 Å². The summed E-state index contributed by atoms with van der Waals surface area (Å²) in [5, 5.41) is 5.25. The molecule has 0 N–H and O–H groups in total. The molecule has 3 heterocycles. The van der Waals surface area contributed by atoms with Gasteiger partial charge in [-0.2, -0.15) is 4.98 Å². The van der Waals surface area contributed by atoms with Gasteiger partial charge in [0.05, 0.1) is 0 Å². The first-order valence-electron chi connectivity index (χ1n) is 8.84. The van der Waals surface area contributed by atoms with E-state index in [-0.39, 0.29) is 11.9 Å². The van der Waals surface area contributed by atoms with Crippen molar-refractivity contribution < 1.29 is 9.32 Å². The molecular formula is C17H24ClN5O2S. The van der Waals surface area contributed by atoms with Gasteiger partial charge in [-0.25, -0.2) is 4.98 Å². The lowest BCUT2D eigenvalue weighted by molar-refractivity contribution is -0.137. The number of carbonyl (C=O) groups is 1. The van der Waals surface area contributed by atoms with E-state index in [0.29, 0.717) is 34.1 Å². The van der Waals surface area contributed by atoms with E-state index in [1.54, 1.807) is 0 Å². The van der Waals surface area contributed by atoms with Crippen molar-refractivity contribution in [1.29, 1.82) is 0 Å². The van der Waals surface area contributed by atoms with Crippen LogP contribution in [0.3, 0.4) is 0 Å². The van der Waals surface area contributed by atoms with E-state index in [2.05, 4.69) is 29.0 Å². The van der Waals surface area contributed by atoms with Crippen LogP contribution in [0.2, 0.25) is 5.15 Å². The fraction of sp³-hybridized carbons (Fsp3) is 0.647. The van der Waals surface area contributed by atoms with Crippen molar-refractivity contribution >= 4 is 34.0 Å². The zero-order chi connectivity index (χ0) is 18.8. The Bertz CT molecular complexity index is 773. The number of nitrogens with zero attached hydrogens (tertiary/aromatic N) is 5. The van der Waals surface area contributed by atoms with E-state index < -0.39 is 0 Å². The highest BCUT2D eigenvalue weighted by molar-refractivity contribution is 7.19. The fourth-order valence-electron chi connectivity index (χ4n) is 3.05. The van der Waals surface area contributed by atoms with E-state index in [9.17, 15) is 4.79 Å². The van der Waals surface area contributed by atoms with Crippen LogP contribution >= 0.6 is 22.9 Å². The Kier molecular flexibility index (Phi) is 5.82. The van der Waals surface area contributed by atoms with Crippen LogP contribution in [0.5, 0.6) is 0 Å². The zero-order valence-corrected chi connectivity index (χ0v) is 17.1. The van der Waals surface area contributed by atoms with Crippen molar-refractivity contribution in [3.63, 3.8) is 0 Å². The molecule has 0 aromatic carbocycles. The molecule has 9 heteroatoms. The predicted octanol–water partition coefficient (Wildman–Crippen LogP) is 4.01. The summed E-state index contributed by atoms with van der Waals surface area (Å²) < 4.78 is 5.56. The summed E-state index contributed by atoms with van der Waals surface area (Å²) >= 11 is 7.67. The van der Waals surface area contributed by atoms with Crippen LogP contribution < -0.4 is 4.90 Å². The largest absolute Gasteiger partial charge is 0.354 e. The molecule has 1 amide bonds.